The summed E-state index contributed by atoms with van der Waals surface area (Å²) >= 11 is 0. The van der Waals surface area contributed by atoms with Crippen molar-refractivity contribution in [2.24, 2.45) is 0 Å². The van der Waals surface area contributed by atoms with Crippen molar-refractivity contribution in [1.29, 1.82) is 5.26 Å². The number of carbonyl (C=O) groups excluding carboxylic acids is 1. The number of carbonyl (C=O) groups is 1. The fourth-order valence-corrected chi connectivity index (χ4v) is 1.60. The molecule has 0 aliphatic heterocycles. The maximum Gasteiger partial charge on any atom is 0.258 e. The van der Waals surface area contributed by atoms with Gasteiger partial charge in [-0.1, -0.05) is 0 Å². The highest BCUT2D eigenvalue weighted by Crippen LogP contribution is 2.17. The maximum absolute atomic E-state index is 11.5. The van der Waals surface area contributed by atoms with Gasteiger partial charge in [-0.2, -0.15) is 5.26 Å². The lowest BCUT2D eigenvalue weighted by Crippen LogP contribution is -2.41. The third-order valence-electron chi connectivity index (χ3n) is 2.82. The summed E-state index contributed by atoms with van der Waals surface area (Å²) in [4.78, 5) is 11.5. The zero-order valence-electron chi connectivity index (χ0n) is 9.48. The van der Waals surface area contributed by atoms with Gasteiger partial charge in [0.15, 0.2) is 6.61 Å². The molecule has 1 saturated carbocycles. The lowest BCUT2D eigenvalue weighted by Gasteiger charge is -2.26. The molecule has 0 unspecified atom stereocenters. The van der Waals surface area contributed by atoms with Gasteiger partial charge in [-0.05, 0) is 43.5 Å². The molecule has 88 valence electrons. The van der Waals surface area contributed by atoms with E-state index in [1.165, 1.54) is 6.42 Å². The number of ether oxygens (including phenoxy) is 1. The molecule has 1 aromatic rings. The second kappa shape index (κ2) is 5.35. The van der Waals surface area contributed by atoms with E-state index in [9.17, 15) is 4.79 Å². The average Bonchev–Trinajstić information content (AvgIpc) is 2.32. The smallest absolute Gasteiger partial charge is 0.258 e. The summed E-state index contributed by atoms with van der Waals surface area (Å²) in [5.41, 5.74) is 0.580. The van der Waals surface area contributed by atoms with Crippen LogP contribution in [0.5, 0.6) is 5.75 Å². The minimum Gasteiger partial charge on any atom is -0.484 e. The molecule has 4 nitrogen and oxygen atoms in total. The molecule has 0 radical (unpaired) electrons. The van der Waals surface area contributed by atoms with Gasteiger partial charge in [0.2, 0.25) is 0 Å². The summed E-state index contributed by atoms with van der Waals surface area (Å²) in [6.45, 7) is 0.0302. The van der Waals surface area contributed by atoms with Crippen LogP contribution in [0.2, 0.25) is 0 Å². The van der Waals surface area contributed by atoms with Gasteiger partial charge in [0.1, 0.15) is 5.75 Å². The molecular formula is C13H14N2O2. The predicted octanol–water partition coefficient (Wildman–Crippen LogP) is 1.61. The Morgan fingerprint density at radius 3 is 2.65 bits per heavy atom. The highest BCUT2D eigenvalue weighted by Gasteiger charge is 2.19. The molecule has 0 atom stereocenters. The van der Waals surface area contributed by atoms with Gasteiger partial charge in [-0.15, -0.1) is 0 Å². The van der Waals surface area contributed by atoms with E-state index >= 15 is 0 Å². The molecule has 1 amide bonds. The Hall–Kier alpha value is -2.02. The first-order valence-corrected chi connectivity index (χ1v) is 5.70. The molecule has 4 heteroatoms. The Morgan fingerprint density at radius 2 is 2.12 bits per heavy atom. The molecule has 1 fully saturated rings. The number of amides is 1. The first kappa shape index (κ1) is 11.5. The topological polar surface area (TPSA) is 62.1 Å². The predicted molar refractivity (Wildman–Crippen MR) is 62.4 cm³/mol. The molecule has 17 heavy (non-hydrogen) atoms. The summed E-state index contributed by atoms with van der Waals surface area (Å²) in [5, 5.41) is 11.5. The van der Waals surface area contributed by atoms with Crippen LogP contribution in [-0.4, -0.2) is 18.6 Å². The van der Waals surface area contributed by atoms with Crippen molar-refractivity contribution in [2.75, 3.05) is 6.61 Å². The molecule has 0 spiro atoms. The van der Waals surface area contributed by atoms with E-state index in [2.05, 4.69) is 5.32 Å². The summed E-state index contributed by atoms with van der Waals surface area (Å²) in [6.07, 6.45) is 3.34. The van der Waals surface area contributed by atoms with Gasteiger partial charge in [0.05, 0.1) is 11.6 Å². The molecule has 2 rings (SSSR count). The largest absolute Gasteiger partial charge is 0.484 e. The number of nitrogens with zero attached hydrogens (tertiary/aromatic N) is 1. The fraction of sp³-hybridized carbons (Fsp3) is 0.385. The van der Waals surface area contributed by atoms with Crippen LogP contribution in [0.4, 0.5) is 0 Å². The van der Waals surface area contributed by atoms with Gasteiger partial charge >= 0.3 is 0 Å². The lowest BCUT2D eigenvalue weighted by atomic mass is 9.93. The molecule has 1 N–H and O–H groups in total. The number of hydrogen-bond acceptors (Lipinski definition) is 3. The van der Waals surface area contributed by atoms with Gasteiger partial charge < -0.3 is 10.1 Å². The van der Waals surface area contributed by atoms with E-state index in [4.69, 9.17) is 10.00 Å². The van der Waals surface area contributed by atoms with Gasteiger partial charge in [-0.25, -0.2) is 0 Å². The Balaban J connectivity index is 1.76. The summed E-state index contributed by atoms with van der Waals surface area (Å²) < 4.78 is 5.32. The van der Waals surface area contributed by atoms with Gasteiger partial charge in [0.25, 0.3) is 5.91 Å². The van der Waals surface area contributed by atoms with Crippen molar-refractivity contribution in [3.8, 4) is 11.8 Å². The van der Waals surface area contributed by atoms with E-state index in [0.717, 1.165) is 12.8 Å². The Kier molecular flexibility index (Phi) is 3.61. The molecule has 1 aromatic carbocycles. The van der Waals surface area contributed by atoms with Crippen LogP contribution in [-0.2, 0) is 4.79 Å². The Morgan fingerprint density at radius 1 is 1.41 bits per heavy atom. The van der Waals surface area contributed by atoms with Crippen molar-refractivity contribution in [3.05, 3.63) is 29.8 Å². The standard InChI is InChI=1S/C13H14N2O2/c14-8-10-4-6-12(7-5-10)17-9-13(16)15-11-2-1-3-11/h4-7,11H,1-3,9H2,(H,15,16). The number of benzene rings is 1. The quantitative estimate of drug-likeness (QED) is 0.854. The SMILES string of the molecule is N#Cc1ccc(OCC(=O)NC2CCC2)cc1. The Labute approximate surface area is 100 Å². The zero-order valence-corrected chi connectivity index (χ0v) is 9.48. The van der Waals surface area contributed by atoms with Crippen molar-refractivity contribution >= 4 is 5.91 Å². The van der Waals surface area contributed by atoms with Gasteiger partial charge in [-0.3, -0.25) is 4.79 Å². The van der Waals surface area contributed by atoms with Crippen molar-refractivity contribution in [1.82, 2.24) is 5.32 Å². The molecule has 1 aliphatic rings. The Bertz CT molecular complexity index is 430. The van der Waals surface area contributed by atoms with Crippen molar-refractivity contribution in [2.45, 2.75) is 25.3 Å². The second-order valence-corrected chi connectivity index (χ2v) is 4.12. The van der Waals surface area contributed by atoms with Crippen LogP contribution in [0.25, 0.3) is 0 Å². The summed E-state index contributed by atoms with van der Waals surface area (Å²) in [7, 11) is 0. The minimum absolute atomic E-state index is 0.0302. The van der Waals surface area contributed by atoms with E-state index in [1.54, 1.807) is 24.3 Å². The first-order chi connectivity index (χ1) is 8.28. The molecular weight excluding hydrogens is 216 g/mol. The van der Waals surface area contributed by atoms with Crippen LogP contribution in [0.3, 0.4) is 0 Å². The van der Waals surface area contributed by atoms with Crippen molar-refractivity contribution in [3.63, 3.8) is 0 Å². The van der Waals surface area contributed by atoms with Crippen LogP contribution in [0.15, 0.2) is 24.3 Å². The maximum atomic E-state index is 11.5. The first-order valence-electron chi connectivity index (χ1n) is 5.70. The third kappa shape index (κ3) is 3.22. The van der Waals surface area contributed by atoms with Crippen LogP contribution in [0, 0.1) is 11.3 Å². The van der Waals surface area contributed by atoms with Crippen LogP contribution < -0.4 is 10.1 Å². The second-order valence-electron chi connectivity index (χ2n) is 4.12. The molecule has 0 heterocycles. The van der Waals surface area contributed by atoms with Crippen LogP contribution in [0.1, 0.15) is 24.8 Å². The lowest BCUT2D eigenvalue weighted by molar-refractivity contribution is -0.124. The van der Waals surface area contributed by atoms with E-state index < -0.39 is 0 Å². The highest BCUT2D eigenvalue weighted by atomic mass is 16.5. The number of nitriles is 1. The zero-order chi connectivity index (χ0) is 12.1. The van der Waals surface area contributed by atoms with E-state index in [1.807, 2.05) is 6.07 Å². The summed E-state index contributed by atoms with van der Waals surface area (Å²) in [5.74, 6) is 0.520. The summed E-state index contributed by atoms with van der Waals surface area (Å²) in [6, 6.07) is 9.08. The molecule has 0 saturated heterocycles. The molecule has 0 bridgehead atoms. The number of nitrogens with one attached hydrogen (secondary N) is 1. The molecule has 1 aliphatic carbocycles. The average molecular weight is 230 g/mol. The van der Waals surface area contributed by atoms with E-state index in [0.29, 0.717) is 17.4 Å². The van der Waals surface area contributed by atoms with Crippen molar-refractivity contribution < 1.29 is 9.53 Å². The number of hydrogen-bond donors (Lipinski definition) is 1. The van der Waals surface area contributed by atoms with Gasteiger partial charge in [0, 0.05) is 6.04 Å². The molecule has 0 aromatic heterocycles. The highest BCUT2D eigenvalue weighted by molar-refractivity contribution is 5.77. The third-order valence-corrected chi connectivity index (χ3v) is 2.82. The monoisotopic (exact) mass is 230 g/mol. The minimum atomic E-state index is -0.0842. The van der Waals surface area contributed by atoms with Crippen LogP contribution >= 0.6 is 0 Å². The normalized spacial score (nSPS) is 14.5. The fourth-order valence-electron chi connectivity index (χ4n) is 1.60. The van der Waals surface area contributed by atoms with E-state index in [-0.39, 0.29) is 12.5 Å². The number of rotatable bonds is 4.